The van der Waals surface area contributed by atoms with Crippen LogP contribution < -0.4 is 19.2 Å². The van der Waals surface area contributed by atoms with Crippen LogP contribution in [0.15, 0.2) is 81.0 Å². The molecule has 0 spiro atoms. The van der Waals surface area contributed by atoms with Gasteiger partial charge in [0, 0.05) is 15.3 Å². The van der Waals surface area contributed by atoms with Gasteiger partial charge in [0.2, 0.25) is 11.8 Å². The Labute approximate surface area is 241 Å². The Morgan fingerprint density at radius 2 is 1.69 bits per heavy atom. The summed E-state index contributed by atoms with van der Waals surface area (Å²) in [6, 6.07) is 20.8. The van der Waals surface area contributed by atoms with Crippen LogP contribution in [-0.2, 0) is 16.2 Å². The molecule has 0 aliphatic carbocycles. The summed E-state index contributed by atoms with van der Waals surface area (Å²) in [6.07, 6.45) is 0. The van der Waals surface area contributed by atoms with Crippen molar-refractivity contribution in [3.8, 4) is 11.5 Å². The third kappa shape index (κ3) is 4.70. The second kappa shape index (κ2) is 10.3. The van der Waals surface area contributed by atoms with E-state index in [0.717, 1.165) is 31.8 Å². The van der Waals surface area contributed by atoms with E-state index in [4.69, 9.17) is 9.47 Å². The predicted molar refractivity (Wildman–Crippen MR) is 155 cm³/mol. The van der Waals surface area contributed by atoms with Gasteiger partial charge in [0.1, 0.15) is 11.9 Å². The van der Waals surface area contributed by atoms with Crippen LogP contribution in [-0.4, -0.2) is 29.2 Å². The normalized spacial score (nSPS) is 20.1. The number of aromatic nitrogens is 1. The van der Waals surface area contributed by atoms with Gasteiger partial charge in [-0.05, 0) is 54.4 Å². The number of amides is 2. The highest BCUT2D eigenvalue weighted by Gasteiger charge is 2.56. The van der Waals surface area contributed by atoms with E-state index in [-0.39, 0.29) is 16.7 Å². The number of imide groups is 1. The lowest BCUT2D eigenvalue weighted by atomic mass is 9.83. The van der Waals surface area contributed by atoms with Crippen molar-refractivity contribution in [1.29, 1.82) is 0 Å². The quantitative estimate of drug-likeness (QED) is 0.270. The molecule has 2 aliphatic rings. The van der Waals surface area contributed by atoms with E-state index in [2.05, 4.69) is 20.9 Å². The number of aryl methyl sites for hydroxylation is 1. The Balaban J connectivity index is 1.37. The van der Waals surface area contributed by atoms with Crippen LogP contribution in [0, 0.1) is 12.8 Å². The molecule has 0 radical (unpaired) electrons. The van der Waals surface area contributed by atoms with Gasteiger partial charge in [0.15, 0.2) is 11.5 Å². The summed E-state index contributed by atoms with van der Waals surface area (Å²) in [4.78, 5) is 44.5. The van der Waals surface area contributed by atoms with E-state index in [9.17, 15) is 14.4 Å². The van der Waals surface area contributed by atoms with Crippen molar-refractivity contribution in [2.45, 2.75) is 29.7 Å². The summed E-state index contributed by atoms with van der Waals surface area (Å²) >= 11 is 5.74. The zero-order valence-electron chi connectivity index (χ0n) is 21.0. The highest BCUT2D eigenvalue weighted by atomic mass is 79.9. The van der Waals surface area contributed by atoms with Crippen LogP contribution in [0.4, 0.5) is 5.69 Å². The van der Waals surface area contributed by atoms with E-state index in [1.165, 1.54) is 22.2 Å². The molecule has 2 aliphatic heterocycles. The topological polar surface area (TPSA) is 88.7 Å². The third-order valence-electron chi connectivity index (χ3n) is 6.97. The molecule has 4 aromatic rings. The summed E-state index contributed by atoms with van der Waals surface area (Å²) in [6.45, 7) is 2.41. The number of thiazole rings is 1. The number of methoxy groups -OCH3 is 1. The Kier molecular flexibility index (Phi) is 6.86. The van der Waals surface area contributed by atoms with Gasteiger partial charge in [0.25, 0.3) is 0 Å². The number of hydrogen-bond acceptors (Lipinski definition) is 7. The maximum atomic E-state index is 13.9. The first kappa shape index (κ1) is 25.9. The number of thioether (sulfide) groups is 1. The Hall–Kier alpha value is -3.34. The molecule has 39 heavy (non-hydrogen) atoms. The fourth-order valence-corrected chi connectivity index (χ4v) is 7.84. The second-order valence-electron chi connectivity index (χ2n) is 9.42. The number of hydrogen-bond donors (Lipinski definition) is 1. The number of nitrogens with zero attached hydrogens (tertiary/aromatic N) is 1. The first-order valence-electron chi connectivity index (χ1n) is 12.2. The molecule has 0 bridgehead atoms. The van der Waals surface area contributed by atoms with Gasteiger partial charge in [-0.2, -0.15) is 0 Å². The van der Waals surface area contributed by atoms with Crippen molar-refractivity contribution >= 4 is 56.5 Å². The standard InChI is InChI=1S/C29H23BrN2O5S2/c1-15-3-5-16(6-4-15)14-37-20-12-7-17(13-21(20)36-2)22-23-25(38-26-24(22)39-29(35)31-26)28(34)32(27(23)33)19-10-8-18(30)9-11-19/h3-13,22-23,25H,14H2,1-2H3,(H,31,35). The number of rotatable bonds is 6. The lowest BCUT2D eigenvalue weighted by molar-refractivity contribution is -0.122. The molecule has 1 aromatic heterocycles. The summed E-state index contributed by atoms with van der Waals surface area (Å²) in [5, 5.41) is -0.0268. The number of ether oxygens (including phenoxy) is 2. The zero-order valence-corrected chi connectivity index (χ0v) is 24.2. The molecule has 2 amide bonds. The van der Waals surface area contributed by atoms with E-state index < -0.39 is 17.1 Å². The third-order valence-corrected chi connectivity index (χ3v) is 9.90. The molecular weight excluding hydrogens is 600 g/mol. The maximum Gasteiger partial charge on any atom is 0.305 e. The van der Waals surface area contributed by atoms with Crippen LogP contribution in [0.2, 0.25) is 0 Å². The van der Waals surface area contributed by atoms with E-state index in [1.54, 1.807) is 31.4 Å². The molecule has 0 saturated carbocycles. The minimum Gasteiger partial charge on any atom is -0.493 e. The zero-order chi connectivity index (χ0) is 27.3. The van der Waals surface area contributed by atoms with Gasteiger partial charge < -0.3 is 14.5 Å². The van der Waals surface area contributed by atoms with Crippen molar-refractivity contribution in [3.63, 3.8) is 0 Å². The average Bonchev–Trinajstić information content (AvgIpc) is 3.43. The number of carbonyl (C=O) groups is 2. The Morgan fingerprint density at radius 1 is 0.949 bits per heavy atom. The summed E-state index contributed by atoms with van der Waals surface area (Å²) in [5.41, 5.74) is 3.51. The summed E-state index contributed by atoms with van der Waals surface area (Å²) < 4.78 is 12.6. The number of benzene rings is 3. The number of anilines is 1. The Bertz CT molecular complexity index is 1630. The van der Waals surface area contributed by atoms with Crippen molar-refractivity contribution in [3.05, 3.63) is 102 Å². The van der Waals surface area contributed by atoms with Crippen molar-refractivity contribution in [2.75, 3.05) is 12.0 Å². The van der Waals surface area contributed by atoms with Crippen molar-refractivity contribution in [1.82, 2.24) is 4.98 Å². The van der Waals surface area contributed by atoms with Gasteiger partial charge in [-0.1, -0.05) is 74.9 Å². The number of halogens is 1. The van der Waals surface area contributed by atoms with E-state index >= 15 is 0 Å². The van der Waals surface area contributed by atoms with Crippen molar-refractivity contribution in [2.24, 2.45) is 5.92 Å². The molecule has 1 saturated heterocycles. The van der Waals surface area contributed by atoms with Gasteiger partial charge in [-0.15, -0.1) is 0 Å². The average molecular weight is 624 g/mol. The largest absolute Gasteiger partial charge is 0.493 e. The summed E-state index contributed by atoms with van der Waals surface area (Å²) in [5.74, 6) is -0.655. The summed E-state index contributed by atoms with van der Waals surface area (Å²) in [7, 11) is 1.57. The van der Waals surface area contributed by atoms with Gasteiger partial charge in [-0.25, -0.2) is 4.90 Å². The number of carbonyl (C=O) groups excluding carboxylic acids is 2. The molecule has 3 unspecified atom stereocenters. The first-order valence-corrected chi connectivity index (χ1v) is 14.7. The highest BCUT2D eigenvalue weighted by Crippen LogP contribution is 2.53. The second-order valence-corrected chi connectivity index (χ2v) is 12.5. The SMILES string of the molecule is COc1cc(C2c3sc(=O)[nH]c3SC3C(=O)N(c4ccc(Br)cc4)C(=O)C32)ccc1OCc1ccc(C)cc1. The highest BCUT2D eigenvalue weighted by molar-refractivity contribution is 9.10. The molecule has 1 fully saturated rings. The van der Waals surface area contributed by atoms with Crippen LogP contribution in [0.1, 0.15) is 27.5 Å². The molecule has 198 valence electrons. The lowest BCUT2D eigenvalue weighted by Gasteiger charge is -2.30. The molecule has 10 heteroatoms. The van der Waals surface area contributed by atoms with Crippen LogP contribution in [0.3, 0.4) is 0 Å². The van der Waals surface area contributed by atoms with E-state index in [1.807, 2.05) is 49.4 Å². The van der Waals surface area contributed by atoms with Crippen molar-refractivity contribution < 1.29 is 19.1 Å². The molecule has 3 heterocycles. The van der Waals surface area contributed by atoms with Crippen LogP contribution in [0.25, 0.3) is 0 Å². The Morgan fingerprint density at radius 3 is 2.41 bits per heavy atom. The minimum atomic E-state index is -0.672. The van der Waals surface area contributed by atoms with E-state index in [0.29, 0.717) is 28.8 Å². The van der Waals surface area contributed by atoms with Crippen LogP contribution >= 0.6 is 39.0 Å². The molecular formula is C29H23BrN2O5S2. The number of fused-ring (bicyclic) bond motifs is 2. The minimum absolute atomic E-state index is 0.216. The van der Waals surface area contributed by atoms with Gasteiger partial charge >= 0.3 is 4.87 Å². The molecule has 6 rings (SSSR count). The monoisotopic (exact) mass is 622 g/mol. The fourth-order valence-electron chi connectivity index (χ4n) is 5.06. The first-order chi connectivity index (χ1) is 18.8. The number of nitrogens with one attached hydrogen (secondary N) is 1. The fraction of sp³-hybridized carbons (Fsp3) is 0.207. The molecule has 1 N–H and O–H groups in total. The number of H-pyrrole nitrogens is 1. The molecule has 3 aromatic carbocycles. The van der Waals surface area contributed by atoms with Gasteiger partial charge in [0.05, 0.1) is 23.7 Å². The lowest BCUT2D eigenvalue weighted by Crippen LogP contribution is -2.32. The smallest absolute Gasteiger partial charge is 0.305 e. The maximum absolute atomic E-state index is 13.9. The molecule has 3 atom stereocenters. The number of aromatic amines is 1. The van der Waals surface area contributed by atoms with Gasteiger partial charge in [-0.3, -0.25) is 14.4 Å². The molecule has 7 nitrogen and oxygen atoms in total. The van der Waals surface area contributed by atoms with Crippen LogP contribution in [0.5, 0.6) is 11.5 Å². The predicted octanol–water partition coefficient (Wildman–Crippen LogP) is 5.89.